The number of nitrogens with zero attached hydrogens (tertiary/aromatic N) is 5. The normalized spacial score (nSPS) is 17.3. The predicted molar refractivity (Wildman–Crippen MR) is 102 cm³/mol. The highest BCUT2D eigenvalue weighted by Gasteiger charge is 2.17. The quantitative estimate of drug-likeness (QED) is 0.653. The molecule has 25 heavy (non-hydrogen) atoms. The summed E-state index contributed by atoms with van der Waals surface area (Å²) in [5.74, 6) is 0.771. The van der Waals surface area contributed by atoms with E-state index >= 15 is 0 Å². The van der Waals surface area contributed by atoms with Gasteiger partial charge in [0.25, 0.3) is 0 Å². The number of imidazole rings is 1. The highest BCUT2D eigenvalue weighted by molar-refractivity contribution is 5.26. The topological polar surface area (TPSA) is 38.9 Å². The van der Waals surface area contributed by atoms with E-state index in [0.29, 0.717) is 0 Å². The molecule has 1 aliphatic rings. The van der Waals surface area contributed by atoms with Crippen molar-refractivity contribution in [2.24, 2.45) is 5.92 Å². The van der Waals surface area contributed by atoms with Gasteiger partial charge in [-0.1, -0.05) is 18.7 Å². The Kier molecular flexibility index (Phi) is 6.23. The van der Waals surface area contributed by atoms with E-state index in [2.05, 4.69) is 45.2 Å². The molecule has 0 N–H and O–H groups in total. The molecule has 0 aliphatic heterocycles. The molecule has 2 heterocycles. The Bertz CT molecular complexity index is 683. The van der Waals surface area contributed by atoms with Crippen LogP contribution in [0, 0.1) is 12.8 Å². The van der Waals surface area contributed by atoms with Gasteiger partial charge in [-0.25, -0.2) is 9.67 Å². The van der Waals surface area contributed by atoms with Gasteiger partial charge in [0.1, 0.15) is 0 Å². The summed E-state index contributed by atoms with van der Waals surface area (Å²) in [7, 11) is 0. The lowest BCUT2D eigenvalue weighted by Crippen LogP contribution is -2.31. The van der Waals surface area contributed by atoms with E-state index in [-0.39, 0.29) is 0 Å². The molecule has 2 aromatic heterocycles. The van der Waals surface area contributed by atoms with Gasteiger partial charge in [-0.2, -0.15) is 5.10 Å². The van der Waals surface area contributed by atoms with Crippen LogP contribution in [0.3, 0.4) is 0 Å². The first-order valence-corrected chi connectivity index (χ1v) is 9.25. The van der Waals surface area contributed by atoms with E-state index in [9.17, 15) is 0 Å². The van der Waals surface area contributed by atoms with E-state index in [1.807, 2.05) is 29.6 Å². The third-order valence-corrected chi connectivity index (χ3v) is 5.06. The number of hydrogen-bond acceptors (Lipinski definition) is 3. The molecular formula is C20H29N5. The average molecular weight is 339 g/mol. The molecule has 0 saturated carbocycles. The zero-order valence-electron chi connectivity index (χ0n) is 15.2. The Morgan fingerprint density at radius 3 is 3.00 bits per heavy atom. The highest BCUT2D eigenvalue weighted by atomic mass is 15.3. The van der Waals surface area contributed by atoms with Gasteiger partial charge in [0.05, 0.1) is 12.5 Å². The van der Waals surface area contributed by atoms with Crippen LogP contribution < -0.4 is 0 Å². The molecule has 0 radical (unpaired) electrons. The van der Waals surface area contributed by atoms with E-state index < -0.39 is 0 Å². The van der Waals surface area contributed by atoms with Gasteiger partial charge >= 0.3 is 0 Å². The van der Waals surface area contributed by atoms with Gasteiger partial charge in [0.15, 0.2) is 0 Å². The standard InChI is InChI=1S/C20H29N5/c1-3-25-18(2)20(14-22-25)16-24(15-19-8-5-4-6-9-19)12-7-11-23-13-10-21-17-23/h3-5,10,13-14,17,19H,1,6-9,11-12,15-16H2,2H3/t19-/m0/s1. The molecule has 0 fully saturated rings. The van der Waals surface area contributed by atoms with Crippen LogP contribution in [0.1, 0.15) is 36.9 Å². The van der Waals surface area contributed by atoms with Crippen molar-refractivity contribution in [3.05, 3.63) is 54.9 Å². The zero-order valence-corrected chi connectivity index (χ0v) is 15.2. The van der Waals surface area contributed by atoms with Crippen molar-refractivity contribution in [1.82, 2.24) is 24.2 Å². The van der Waals surface area contributed by atoms with Gasteiger partial charge in [-0.3, -0.25) is 4.90 Å². The average Bonchev–Trinajstić information content (AvgIpc) is 3.26. The van der Waals surface area contributed by atoms with Gasteiger partial charge in [0.2, 0.25) is 0 Å². The number of aromatic nitrogens is 4. The van der Waals surface area contributed by atoms with Crippen molar-refractivity contribution in [2.45, 2.75) is 45.7 Å². The molecule has 134 valence electrons. The van der Waals surface area contributed by atoms with Crippen LogP contribution in [0.4, 0.5) is 0 Å². The monoisotopic (exact) mass is 339 g/mol. The number of rotatable bonds is 9. The summed E-state index contributed by atoms with van der Waals surface area (Å²) in [5, 5.41) is 4.40. The lowest BCUT2D eigenvalue weighted by Gasteiger charge is -2.28. The van der Waals surface area contributed by atoms with Crippen LogP contribution >= 0.6 is 0 Å². The van der Waals surface area contributed by atoms with Gasteiger partial charge in [0, 0.05) is 56.0 Å². The first-order valence-electron chi connectivity index (χ1n) is 9.25. The predicted octanol–water partition coefficient (Wildman–Crippen LogP) is 3.74. The minimum atomic E-state index is 0.771. The second-order valence-corrected chi connectivity index (χ2v) is 6.92. The molecule has 0 amide bonds. The molecule has 0 saturated heterocycles. The molecule has 0 bridgehead atoms. The Morgan fingerprint density at radius 1 is 1.40 bits per heavy atom. The summed E-state index contributed by atoms with van der Waals surface area (Å²) < 4.78 is 4.02. The van der Waals surface area contributed by atoms with Crippen LogP contribution in [0.5, 0.6) is 0 Å². The lowest BCUT2D eigenvalue weighted by molar-refractivity contribution is 0.209. The summed E-state index contributed by atoms with van der Waals surface area (Å²) in [5.41, 5.74) is 2.49. The molecular weight excluding hydrogens is 310 g/mol. The fraction of sp³-hybridized carbons (Fsp3) is 0.500. The minimum absolute atomic E-state index is 0.771. The lowest BCUT2D eigenvalue weighted by atomic mass is 9.93. The van der Waals surface area contributed by atoms with Crippen LogP contribution in [0.15, 0.2) is 43.6 Å². The third-order valence-electron chi connectivity index (χ3n) is 5.06. The van der Waals surface area contributed by atoms with Gasteiger partial charge in [-0.05, 0) is 38.5 Å². The van der Waals surface area contributed by atoms with Crippen molar-refractivity contribution in [3.8, 4) is 0 Å². The van der Waals surface area contributed by atoms with E-state index in [0.717, 1.165) is 38.5 Å². The smallest absolute Gasteiger partial charge is 0.0945 e. The molecule has 0 spiro atoms. The summed E-state index contributed by atoms with van der Waals surface area (Å²) in [6.45, 7) is 10.2. The van der Waals surface area contributed by atoms with Gasteiger partial charge in [-0.15, -0.1) is 0 Å². The summed E-state index contributed by atoms with van der Waals surface area (Å²) in [4.78, 5) is 6.72. The summed E-state index contributed by atoms with van der Waals surface area (Å²) in [6.07, 6.45) is 19.1. The number of allylic oxidation sites excluding steroid dienone is 2. The van der Waals surface area contributed by atoms with Crippen molar-refractivity contribution in [1.29, 1.82) is 0 Å². The first-order chi connectivity index (χ1) is 12.3. The molecule has 1 aliphatic carbocycles. The molecule has 5 heteroatoms. The van der Waals surface area contributed by atoms with Crippen LogP contribution in [0.2, 0.25) is 0 Å². The fourth-order valence-corrected chi connectivity index (χ4v) is 3.56. The molecule has 0 unspecified atom stereocenters. The van der Waals surface area contributed by atoms with Crippen LogP contribution in [-0.2, 0) is 13.1 Å². The molecule has 0 aromatic carbocycles. The largest absolute Gasteiger partial charge is 0.337 e. The molecule has 1 atom stereocenters. The van der Waals surface area contributed by atoms with Crippen molar-refractivity contribution in [2.75, 3.05) is 13.1 Å². The van der Waals surface area contributed by atoms with Crippen LogP contribution in [-0.4, -0.2) is 37.3 Å². The fourth-order valence-electron chi connectivity index (χ4n) is 3.56. The van der Waals surface area contributed by atoms with Gasteiger partial charge < -0.3 is 4.57 Å². The minimum Gasteiger partial charge on any atom is -0.337 e. The van der Waals surface area contributed by atoms with E-state index in [1.165, 1.54) is 30.5 Å². The zero-order chi connectivity index (χ0) is 17.5. The maximum Gasteiger partial charge on any atom is 0.0945 e. The maximum absolute atomic E-state index is 4.40. The van der Waals surface area contributed by atoms with Crippen molar-refractivity contribution in [3.63, 3.8) is 0 Å². The second kappa shape index (κ2) is 8.81. The van der Waals surface area contributed by atoms with Crippen molar-refractivity contribution < 1.29 is 0 Å². The summed E-state index contributed by atoms with van der Waals surface area (Å²) >= 11 is 0. The van der Waals surface area contributed by atoms with E-state index in [1.54, 1.807) is 6.20 Å². The Labute approximate surface area is 150 Å². The van der Waals surface area contributed by atoms with Crippen LogP contribution in [0.25, 0.3) is 6.20 Å². The number of hydrogen-bond donors (Lipinski definition) is 0. The second-order valence-electron chi connectivity index (χ2n) is 6.92. The molecule has 3 rings (SSSR count). The molecule has 5 nitrogen and oxygen atoms in total. The Hall–Kier alpha value is -2.14. The molecule has 2 aromatic rings. The Morgan fingerprint density at radius 2 is 2.32 bits per heavy atom. The Balaban J connectivity index is 1.60. The number of aryl methyl sites for hydroxylation is 1. The third kappa shape index (κ3) is 4.92. The maximum atomic E-state index is 4.40. The highest BCUT2D eigenvalue weighted by Crippen LogP contribution is 2.21. The first kappa shape index (κ1) is 17.7. The van der Waals surface area contributed by atoms with E-state index in [4.69, 9.17) is 0 Å². The summed E-state index contributed by atoms with van der Waals surface area (Å²) in [6, 6.07) is 0. The van der Waals surface area contributed by atoms with Crippen molar-refractivity contribution >= 4 is 6.20 Å². The SMILES string of the molecule is C=Cn1ncc(CN(CCCn2ccnc2)C[C@H]2CC=CCC2)c1C.